The van der Waals surface area contributed by atoms with Crippen molar-refractivity contribution in [3.8, 4) is 0 Å². The Morgan fingerprint density at radius 3 is 2.96 bits per heavy atom. The minimum atomic E-state index is -4.67. The molecular weight excluding hydrogens is 336 g/mol. The molecule has 23 heavy (non-hydrogen) atoms. The number of aromatic nitrogens is 4. The van der Waals surface area contributed by atoms with Gasteiger partial charge >= 0.3 is 13.9 Å². The van der Waals surface area contributed by atoms with Gasteiger partial charge in [-0.15, -0.1) is 0 Å². The Labute approximate surface area is 128 Å². The molecule has 0 radical (unpaired) electrons. The number of nitrogens with zero attached hydrogens (tertiary/aromatic N) is 4. The van der Waals surface area contributed by atoms with Gasteiger partial charge in [-0.05, 0) is 0 Å². The normalized spacial score (nSPS) is 25.3. The highest BCUT2D eigenvalue weighted by molar-refractivity contribution is 7.46. The van der Waals surface area contributed by atoms with Crippen LogP contribution in [0.15, 0.2) is 6.33 Å². The molecule has 3 rings (SSSR count). The third-order valence-electron chi connectivity index (χ3n) is 3.34. The van der Waals surface area contributed by atoms with Crippen molar-refractivity contribution in [3.05, 3.63) is 12.4 Å². The number of hydrogen-bond donors (Lipinski definition) is 4. The van der Waals surface area contributed by atoms with Crippen molar-refractivity contribution in [2.24, 2.45) is 0 Å². The maximum Gasteiger partial charge on any atom is 0.469 e. The first kappa shape index (κ1) is 16.2. The van der Waals surface area contributed by atoms with Gasteiger partial charge in [-0.25, -0.2) is 9.55 Å². The van der Waals surface area contributed by atoms with Crippen molar-refractivity contribution in [3.63, 3.8) is 0 Å². The molecule has 0 spiro atoms. The van der Waals surface area contributed by atoms with Gasteiger partial charge in [-0.1, -0.05) is 0 Å². The lowest BCUT2D eigenvalue weighted by molar-refractivity contribution is -0.0424. The molecule has 3 atom stereocenters. The molecular formula is C10H13FN5O6P. The van der Waals surface area contributed by atoms with Gasteiger partial charge in [-0.3, -0.25) is 9.09 Å². The van der Waals surface area contributed by atoms with Crippen molar-refractivity contribution in [2.75, 3.05) is 12.3 Å². The van der Waals surface area contributed by atoms with Gasteiger partial charge in [0.25, 0.3) is 0 Å². The van der Waals surface area contributed by atoms with Crippen LogP contribution in [0.2, 0.25) is 0 Å². The van der Waals surface area contributed by atoms with Crippen molar-refractivity contribution in [2.45, 2.75) is 24.9 Å². The van der Waals surface area contributed by atoms with E-state index in [2.05, 4.69) is 19.5 Å². The number of phosphoric acid groups is 1. The third kappa shape index (κ3) is 3.32. The minimum Gasteiger partial charge on any atom is -0.390 e. The number of fused-ring (bicyclic) bond motifs is 1. The summed E-state index contributed by atoms with van der Waals surface area (Å²) in [6, 6.07) is 0. The molecule has 0 unspecified atom stereocenters. The fraction of sp³-hybridized carbons (Fsp3) is 0.500. The van der Waals surface area contributed by atoms with Gasteiger partial charge in [0, 0.05) is 6.42 Å². The number of halogens is 1. The van der Waals surface area contributed by atoms with Crippen molar-refractivity contribution in [1.29, 1.82) is 0 Å². The number of ether oxygens (including phenoxy) is 1. The Morgan fingerprint density at radius 2 is 2.26 bits per heavy atom. The molecule has 0 saturated carbocycles. The molecule has 5 N–H and O–H groups in total. The summed E-state index contributed by atoms with van der Waals surface area (Å²) >= 11 is 0. The molecule has 2 aromatic heterocycles. The van der Waals surface area contributed by atoms with Gasteiger partial charge in [0.05, 0.1) is 19.0 Å². The Hall–Kier alpha value is -1.69. The van der Waals surface area contributed by atoms with Crippen LogP contribution in [-0.2, 0) is 13.8 Å². The number of phosphoric ester groups is 1. The zero-order chi connectivity index (χ0) is 16.8. The highest BCUT2D eigenvalue weighted by Gasteiger charge is 2.37. The van der Waals surface area contributed by atoms with E-state index in [1.54, 1.807) is 0 Å². The SMILES string of the molecule is Nc1nc(F)nc2c1ncn2[C@H]1C[C@@H](O)[C@H](COP(=O)(O)O)O1. The lowest BCUT2D eigenvalue weighted by Crippen LogP contribution is -2.25. The predicted molar refractivity (Wildman–Crippen MR) is 72.2 cm³/mol. The number of aliphatic hydroxyl groups is 1. The fourth-order valence-electron chi connectivity index (χ4n) is 2.33. The average molecular weight is 349 g/mol. The van der Waals surface area contributed by atoms with Gasteiger partial charge < -0.3 is 25.4 Å². The van der Waals surface area contributed by atoms with E-state index in [1.165, 1.54) is 10.9 Å². The van der Waals surface area contributed by atoms with Gasteiger partial charge in [0.1, 0.15) is 12.3 Å². The van der Waals surface area contributed by atoms with Crippen LogP contribution in [0.3, 0.4) is 0 Å². The molecule has 11 nitrogen and oxygen atoms in total. The van der Waals surface area contributed by atoms with Crippen molar-refractivity contribution >= 4 is 24.8 Å². The Morgan fingerprint density at radius 1 is 1.52 bits per heavy atom. The summed E-state index contributed by atoms with van der Waals surface area (Å²) in [6.45, 7) is -0.500. The number of imidazole rings is 1. The zero-order valence-electron chi connectivity index (χ0n) is 11.5. The molecule has 0 aromatic carbocycles. The lowest BCUT2D eigenvalue weighted by Gasteiger charge is -2.16. The van der Waals surface area contributed by atoms with Crippen LogP contribution in [0.25, 0.3) is 11.2 Å². The zero-order valence-corrected chi connectivity index (χ0v) is 12.4. The summed E-state index contributed by atoms with van der Waals surface area (Å²) in [5.74, 6) is -0.133. The second-order valence-electron chi connectivity index (χ2n) is 4.92. The largest absolute Gasteiger partial charge is 0.469 e. The summed E-state index contributed by atoms with van der Waals surface area (Å²) in [7, 11) is -4.67. The number of aliphatic hydroxyl groups excluding tert-OH is 1. The highest BCUT2D eigenvalue weighted by atomic mass is 31.2. The van der Waals surface area contributed by atoms with E-state index in [0.717, 1.165) is 0 Å². The second-order valence-corrected chi connectivity index (χ2v) is 6.16. The standard InChI is InChI=1S/C10H13FN5O6P/c11-10-14-8(12)7-9(15-10)16(3-13-7)6-1-4(17)5(22-6)2-21-23(18,19)20/h3-6,17H,1-2H2,(H2,12,14,15)(H2,18,19,20)/t4-,5+,6-/m1/s1. The molecule has 3 heterocycles. The molecule has 1 aliphatic rings. The fourth-order valence-corrected chi connectivity index (χ4v) is 2.67. The van der Waals surface area contributed by atoms with E-state index >= 15 is 0 Å². The second kappa shape index (κ2) is 5.74. The first-order chi connectivity index (χ1) is 10.7. The van der Waals surface area contributed by atoms with E-state index in [4.69, 9.17) is 20.3 Å². The Bertz CT molecular complexity index is 780. The summed E-state index contributed by atoms with van der Waals surface area (Å²) < 4.78 is 35.2. The molecule has 126 valence electrons. The third-order valence-corrected chi connectivity index (χ3v) is 3.83. The van der Waals surface area contributed by atoms with Crippen LogP contribution >= 0.6 is 7.82 Å². The average Bonchev–Trinajstić information content (AvgIpc) is 2.99. The van der Waals surface area contributed by atoms with E-state index < -0.39 is 38.9 Å². The molecule has 1 aliphatic heterocycles. The first-order valence-corrected chi connectivity index (χ1v) is 7.97. The topological polar surface area (TPSA) is 166 Å². The smallest absolute Gasteiger partial charge is 0.390 e. The number of rotatable bonds is 4. The van der Waals surface area contributed by atoms with E-state index in [0.29, 0.717) is 0 Å². The summed E-state index contributed by atoms with van der Waals surface area (Å²) in [5.41, 5.74) is 5.82. The molecule has 13 heteroatoms. The van der Waals surface area contributed by atoms with Crippen LogP contribution in [0.4, 0.5) is 10.2 Å². The van der Waals surface area contributed by atoms with Gasteiger partial charge in [0.15, 0.2) is 17.0 Å². The Kier molecular flexibility index (Phi) is 4.04. The quantitative estimate of drug-likeness (QED) is 0.409. The molecule has 2 aromatic rings. The van der Waals surface area contributed by atoms with Crippen molar-refractivity contribution in [1.82, 2.24) is 19.5 Å². The Balaban J connectivity index is 1.82. The minimum absolute atomic E-state index is 0.0756. The van der Waals surface area contributed by atoms with E-state index in [9.17, 15) is 14.1 Å². The number of nitrogens with two attached hydrogens (primary N) is 1. The maximum atomic E-state index is 13.3. The van der Waals surface area contributed by atoms with Gasteiger partial charge in [-0.2, -0.15) is 14.4 Å². The van der Waals surface area contributed by atoms with Crippen LogP contribution < -0.4 is 5.73 Å². The summed E-state index contributed by atoms with van der Waals surface area (Å²) in [6.07, 6.45) is -2.42. The van der Waals surface area contributed by atoms with E-state index in [1.807, 2.05) is 0 Å². The first-order valence-electron chi connectivity index (χ1n) is 6.44. The summed E-state index contributed by atoms with van der Waals surface area (Å²) in [4.78, 5) is 28.3. The number of nitrogen functional groups attached to an aromatic ring is 1. The maximum absolute atomic E-state index is 13.3. The lowest BCUT2D eigenvalue weighted by atomic mass is 10.2. The molecule has 1 saturated heterocycles. The molecule has 1 fully saturated rings. The van der Waals surface area contributed by atoms with Crippen LogP contribution in [-0.4, -0.2) is 53.2 Å². The van der Waals surface area contributed by atoms with E-state index in [-0.39, 0.29) is 23.4 Å². The van der Waals surface area contributed by atoms with Crippen LogP contribution in [0, 0.1) is 6.08 Å². The number of hydrogen-bond acceptors (Lipinski definition) is 8. The summed E-state index contributed by atoms with van der Waals surface area (Å²) in [5, 5.41) is 9.91. The highest BCUT2D eigenvalue weighted by Crippen LogP contribution is 2.38. The predicted octanol–water partition coefficient (Wildman–Crippen LogP) is -0.695. The van der Waals surface area contributed by atoms with Crippen LogP contribution in [0.1, 0.15) is 12.6 Å². The van der Waals surface area contributed by atoms with Gasteiger partial charge in [0.2, 0.25) is 0 Å². The molecule has 0 amide bonds. The molecule has 0 aliphatic carbocycles. The van der Waals surface area contributed by atoms with Crippen LogP contribution in [0.5, 0.6) is 0 Å². The van der Waals surface area contributed by atoms with Crippen molar-refractivity contribution < 1.29 is 33.1 Å². The number of anilines is 1. The molecule has 0 bridgehead atoms. The monoisotopic (exact) mass is 349 g/mol.